The number of nitrogens with one attached hydrogen (secondary N) is 1. The minimum absolute atomic E-state index is 0. The summed E-state index contributed by atoms with van der Waals surface area (Å²) in [7, 11) is 0. The molecule has 3 N–H and O–H groups in total. The molecule has 2 rings (SSSR count). The Labute approximate surface area is 134 Å². The SMILES string of the molecule is CC1CN(C(=O)CNC(=O)CN)CC(c2ccsc2)O1.Cl. The summed E-state index contributed by atoms with van der Waals surface area (Å²) in [6.45, 7) is 2.87. The van der Waals surface area contributed by atoms with Gasteiger partial charge in [-0.2, -0.15) is 11.3 Å². The Morgan fingerprint density at radius 1 is 1.52 bits per heavy atom. The summed E-state index contributed by atoms with van der Waals surface area (Å²) in [4.78, 5) is 24.9. The molecular formula is C13H20ClN3O3S. The van der Waals surface area contributed by atoms with E-state index in [0.717, 1.165) is 5.56 Å². The van der Waals surface area contributed by atoms with Gasteiger partial charge >= 0.3 is 0 Å². The molecule has 0 aromatic carbocycles. The van der Waals surface area contributed by atoms with Crippen LogP contribution in [-0.2, 0) is 14.3 Å². The van der Waals surface area contributed by atoms with E-state index < -0.39 is 0 Å². The van der Waals surface area contributed by atoms with E-state index >= 15 is 0 Å². The molecule has 118 valence electrons. The first-order valence-electron chi connectivity index (χ1n) is 6.52. The molecule has 0 radical (unpaired) electrons. The van der Waals surface area contributed by atoms with Crippen LogP contribution in [-0.4, -0.2) is 49.0 Å². The van der Waals surface area contributed by atoms with E-state index in [4.69, 9.17) is 10.5 Å². The first kappa shape index (κ1) is 17.9. The van der Waals surface area contributed by atoms with Gasteiger partial charge in [0, 0.05) is 6.54 Å². The third kappa shape index (κ3) is 4.96. The Bertz CT molecular complexity index is 469. The second kappa shape index (κ2) is 8.33. The van der Waals surface area contributed by atoms with Gasteiger partial charge in [-0.15, -0.1) is 12.4 Å². The highest BCUT2D eigenvalue weighted by Crippen LogP contribution is 2.26. The molecule has 2 atom stereocenters. The molecule has 0 bridgehead atoms. The van der Waals surface area contributed by atoms with Crippen LogP contribution in [0.1, 0.15) is 18.6 Å². The van der Waals surface area contributed by atoms with E-state index in [1.165, 1.54) is 0 Å². The molecule has 1 aliphatic heterocycles. The monoisotopic (exact) mass is 333 g/mol. The quantitative estimate of drug-likeness (QED) is 0.842. The zero-order chi connectivity index (χ0) is 14.5. The van der Waals surface area contributed by atoms with Crippen LogP contribution in [0.2, 0.25) is 0 Å². The highest BCUT2D eigenvalue weighted by Gasteiger charge is 2.29. The average Bonchev–Trinajstić information content (AvgIpc) is 2.97. The number of carbonyl (C=O) groups excluding carboxylic acids is 2. The van der Waals surface area contributed by atoms with Gasteiger partial charge in [0.2, 0.25) is 11.8 Å². The van der Waals surface area contributed by atoms with Crippen LogP contribution in [0.15, 0.2) is 16.8 Å². The largest absolute Gasteiger partial charge is 0.367 e. The number of halogens is 1. The zero-order valence-corrected chi connectivity index (χ0v) is 13.4. The number of ether oxygens (including phenoxy) is 1. The lowest BCUT2D eigenvalue weighted by Crippen LogP contribution is -2.49. The first-order valence-corrected chi connectivity index (χ1v) is 7.46. The van der Waals surface area contributed by atoms with Gasteiger partial charge < -0.3 is 20.7 Å². The van der Waals surface area contributed by atoms with Gasteiger partial charge in [-0.05, 0) is 29.3 Å². The number of hydrogen-bond donors (Lipinski definition) is 2. The summed E-state index contributed by atoms with van der Waals surface area (Å²) in [5.74, 6) is -0.434. The lowest BCUT2D eigenvalue weighted by atomic mass is 10.1. The van der Waals surface area contributed by atoms with Gasteiger partial charge in [-0.3, -0.25) is 9.59 Å². The summed E-state index contributed by atoms with van der Waals surface area (Å²) in [5, 5.41) is 6.52. The van der Waals surface area contributed by atoms with Crippen molar-refractivity contribution in [3.8, 4) is 0 Å². The smallest absolute Gasteiger partial charge is 0.242 e. The third-order valence-electron chi connectivity index (χ3n) is 3.15. The van der Waals surface area contributed by atoms with Gasteiger partial charge in [-0.25, -0.2) is 0 Å². The van der Waals surface area contributed by atoms with Crippen LogP contribution < -0.4 is 11.1 Å². The molecule has 0 aliphatic carbocycles. The maximum Gasteiger partial charge on any atom is 0.242 e. The molecule has 0 saturated carbocycles. The van der Waals surface area contributed by atoms with Crippen molar-refractivity contribution >= 4 is 35.6 Å². The molecule has 1 saturated heterocycles. The van der Waals surface area contributed by atoms with Gasteiger partial charge in [0.15, 0.2) is 0 Å². The maximum absolute atomic E-state index is 12.1. The van der Waals surface area contributed by atoms with Gasteiger partial charge in [0.1, 0.15) is 6.10 Å². The van der Waals surface area contributed by atoms with E-state index in [2.05, 4.69) is 5.32 Å². The Kier molecular flexibility index (Phi) is 7.10. The Balaban J connectivity index is 0.00000220. The van der Waals surface area contributed by atoms with Crippen LogP contribution in [0.4, 0.5) is 0 Å². The standard InChI is InChI=1S/C13H19N3O3S.ClH/c1-9-6-16(13(18)5-15-12(17)4-14)7-11(19-9)10-2-3-20-8-10;/h2-3,8-9,11H,4-7,14H2,1H3,(H,15,17);1H. The second-order valence-electron chi connectivity index (χ2n) is 4.77. The van der Waals surface area contributed by atoms with Gasteiger partial charge in [0.05, 0.1) is 25.7 Å². The fourth-order valence-electron chi connectivity index (χ4n) is 2.16. The summed E-state index contributed by atoms with van der Waals surface area (Å²) in [6.07, 6.45) is -0.123. The predicted molar refractivity (Wildman–Crippen MR) is 83.5 cm³/mol. The summed E-state index contributed by atoms with van der Waals surface area (Å²) in [6, 6.07) is 2.01. The van der Waals surface area contributed by atoms with E-state index in [1.807, 2.05) is 23.8 Å². The summed E-state index contributed by atoms with van der Waals surface area (Å²) < 4.78 is 5.86. The maximum atomic E-state index is 12.1. The zero-order valence-electron chi connectivity index (χ0n) is 11.8. The topological polar surface area (TPSA) is 84.7 Å². The molecule has 1 aliphatic rings. The molecule has 2 heterocycles. The number of nitrogens with two attached hydrogens (primary N) is 1. The molecule has 21 heavy (non-hydrogen) atoms. The minimum atomic E-state index is -0.325. The van der Waals surface area contributed by atoms with Crippen molar-refractivity contribution < 1.29 is 14.3 Å². The third-order valence-corrected chi connectivity index (χ3v) is 3.85. The van der Waals surface area contributed by atoms with Gasteiger partial charge in [0.25, 0.3) is 0 Å². The van der Waals surface area contributed by atoms with Crippen molar-refractivity contribution in [2.45, 2.75) is 19.1 Å². The van der Waals surface area contributed by atoms with Crippen LogP contribution in [0, 0.1) is 0 Å². The first-order chi connectivity index (χ1) is 9.60. The van der Waals surface area contributed by atoms with Gasteiger partial charge in [-0.1, -0.05) is 0 Å². The number of rotatable bonds is 4. The number of carbonyl (C=O) groups is 2. The van der Waals surface area contributed by atoms with Crippen molar-refractivity contribution in [1.82, 2.24) is 10.2 Å². The molecule has 0 spiro atoms. The molecule has 8 heteroatoms. The highest BCUT2D eigenvalue weighted by atomic mass is 35.5. The van der Waals surface area contributed by atoms with Crippen molar-refractivity contribution in [2.24, 2.45) is 5.73 Å². The molecule has 1 fully saturated rings. The Morgan fingerprint density at radius 2 is 2.29 bits per heavy atom. The number of amides is 2. The Morgan fingerprint density at radius 3 is 2.90 bits per heavy atom. The average molecular weight is 334 g/mol. The van der Waals surface area contributed by atoms with Crippen molar-refractivity contribution in [3.05, 3.63) is 22.4 Å². The van der Waals surface area contributed by atoms with Crippen LogP contribution >= 0.6 is 23.7 Å². The number of hydrogen-bond acceptors (Lipinski definition) is 5. The van der Waals surface area contributed by atoms with Crippen LogP contribution in [0.25, 0.3) is 0 Å². The van der Waals surface area contributed by atoms with E-state index in [1.54, 1.807) is 16.2 Å². The summed E-state index contributed by atoms with van der Waals surface area (Å²) >= 11 is 1.61. The molecule has 2 amide bonds. The normalized spacial score (nSPS) is 21.5. The lowest BCUT2D eigenvalue weighted by molar-refractivity contribution is -0.144. The van der Waals surface area contributed by atoms with Crippen molar-refractivity contribution in [1.29, 1.82) is 0 Å². The summed E-state index contributed by atoms with van der Waals surface area (Å²) in [5.41, 5.74) is 6.28. The second-order valence-corrected chi connectivity index (χ2v) is 5.55. The highest BCUT2D eigenvalue weighted by molar-refractivity contribution is 7.07. The minimum Gasteiger partial charge on any atom is -0.367 e. The lowest BCUT2D eigenvalue weighted by Gasteiger charge is -2.36. The van der Waals surface area contributed by atoms with E-state index in [-0.39, 0.29) is 49.5 Å². The Hall–Kier alpha value is -1.15. The number of morpholine rings is 1. The number of nitrogens with zero attached hydrogens (tertiary/aromatic N) is 1. The van der Waals surface area contributed by atoms with E-state index in [0.29, 0.717) is 13.1 Å². The van der Waals surface area contributed by atoms with Crippen LogP contribution in [0.5, 0.6) is 0 Å². The molecule has 1 aromatic rings. The predicted octanol–water partition coefficient (Wildman–Crippen LogP) is 0.533. The van der Waals surface area contributed by atoms with E-state index in [9.17, 15) is 9.59 Å². The number of thiophene rings is 1. The van der Waals surface area contributed by atoms with Crippen molar-refractivity contribution in [3.63, 3.8) is 0 Å². The fourth-order valence-corrected chi connectivity index (χ4v) is 2.86. The molecular weight excluding hydrogens is 314 g/mol. The molecule has 1 aromatic heterocycles. The van der Waals surface area contributed by atoms with Crippen LogP contribution in [0.3, 0.4) is 0 Å². The molecule has 2 unspecified atom stereocenters. The molecule has 6 nitrogen and oxygen atoms in total. The van der Waals surface area contributed by atoms with Crippen molar-refractivity contribution in [2.75, 3.05) is 26.2 Å². The fraction of sp³-hybridized carbons (Fsp3) is 0.538.